The number of fused-ring (bicyclic) bond motifs is 1. The molecule has 5 nitrogen and oxygen atoms in total. The Kier molecular flexibility index (Phi) is 4.44. The highest BCUT2D eigenvalue weighted by Gasteiger charge is 2.24. The van der Waals surface area contributed by atoms with E-state index >= 15 is 0 Å². The lowest BCUT2D eigenvalue weighted by Crippen LogP contribution is -2.42. The van der Waals surface area contributed by atoms with Crippen LogP contribution in [-0.2, 0) is 11.3 Å². The van der Waals surface area contributed by atoms with Gasteiger partial charge in [-0.05, 0) is 42.7 Å². The molecule has 0 bridgehead atoms. The lowest BCUT2D eigenvalue weighted by atomic mass is 9.97. The summed E-state index contributed by atoms with van der Waals surface area (Å²) in [6, 6.07) is 11.1. The minimum Gasteiger partial charge on any atom is -0.504 e. The molecular formula is C19H22N2O3. The molecule has 2 aromatic carbocycles. The number of carbonyl (C=O) groups is 1. The first kappa shape index (κ1) is 16.3. The number of rotatable bonds is 2. The maximum absolute atomic E-state index is 12.2. The van der Waals surface area contributed by atoms with Crippen molar-refractivity contribution in [3.05, 3.63) is 47.5 Å². The van der Waals surface area contributed by atoms with Gasteiger partial charge < -0.3 is 20.5 Å². The number of phenols is 1. The van der Waals surface area contributed by atoms with Gasteiger partial charge in [0.1, 0.15) is 6.61 Å². The van der Waals surface area contributed by atoms with Crippen molar-refractivity contribution in [2.45, 2.75) is 26.4 Å². The van der Waals surface area contributed by atoms with Crippen LogP contribution in [0.25, 0.3) is 11.1 Å². The molecule has 1 heterocycles. The van der Waals surface area contributed by atoms with Crippen LogP contribution in [0.5, 0.6) is 11.5 Å². The highest BCUT2D eigenvalue weighted by molar-refractivity contribution is 5.81. The van der Waals surface area contributed by atoms with E-state index in [0.29, 0.717) is 25.4 Å². The van der Waals surface area contributed by atoms with E-state index < -0.39 is 6.04 Å². The van der Waals surface area contributed by atoms with Crippen LogP contribution in [-0.4, -0.2) is 35.1 Å². The minimum atomic E-state index is -0.556. The molecule has 0 spiro atoms. The Morgan fingerprint density at radius 2 is 2.08 bits per heavy atom. The van der Waals surface area contributed by atoms with E-state index in [2.05, 4.69) is 0 Å². The second-order valence-electron chi connectivity index (χ2n) is 6.20. The van der Waals surface area contributed by atoms with Gasteiger partial charge in [-0.1, -0.05) is 24.3 Å². The molecule has 2 aromatic rings. The zero-order valence-corrected chi connectivity index (χ0v) is 14.0. The first-order valence-corrected chi connectivity index (χ1v) is 8.06. The number of aryl methyl sites for hydroxylation is 1. The molecule has 5 heteroatoms. The molecule has 0 saturated carbocycles. The van der Waals surface area contributed by atoms with Gasteiger partial charge in [0.25, 0.3) is 0 Å². The molecule has 0 aromatic heterocycles. The predicted molar refractivity (Wildman–Crippen MR) is 92.8 cm³/mol. The summed E-state index contributed by atoms with van der Waals surface area (Å²) in [6.07, 6.45) is 0. The number of benzene rings is 2. The van der Waals surface area contributed by atoms with E-state index in [1.54, 1.807) is 17.9 Å². The fourth-order valence-corrected chi connectivity index (χ4v) is 3.03. The number of hydrogen-bond acceptors (Lipinski definition) is 4. The summed E-state index contributed by atoms with van der Waals surface area (Å²) in [5, 5.41) is 10.4. The number of carbonyl (C=O) groups excluding carboxylic acids is 1. The molecule has 3 rings (SSSR count). The van der Waals surface area contributed by atoms with E-state index in [1.165, 1.54) is 0 Å². The van der Waals surface area contributed by atoms with Crippen LogP contribution in [0.1, 0.15) is 18.1 Å². The van der Waals surface area contributed by atoms with Gasteiger partial charge in [0.15, 0.2) is 11.5 Å². The van der Waals surface area contributed by atoms with E-state index in [0.717, 1.165) is 22.3 Å². The second kappa shape index (κ2) is 6.53. The summed E-state index contributed by atoms with van der Waals surface area (Å²) in [6.45, 7) is 4.87. The van der Waals surface area contributed by atoms with Crippen molar-refractivity contribution in [3.63, 3.8) is 0 Å². The smallest absolute Gasteiger partial charge is 0.239 e. The summed E-state index contributed by atoms with van der Waals surface area (Å²) in [4.78, 5) is 13.9. The second-order valence-corrected chi connectivity index (χ2v) is 6.20. The fraction of sp³-hybridized carbons (Fsp3) is 0.316. The Morgan fingerprint density at radius 3 is 2.79 bits per heavy atom. The van der Waals surface area contributed by atoms with Gasteiger partial charge >= 0.3 is 0 Å². The van der Waals surface area contributed by atoms with Gasteiger partial charge in [0.05, 0.1) is 12.6 Å². The van der Waals surface area contributed by atoms with Crippen molar-refractivity contribution < 1.29 is 14.6 Å². The Bertz CT molecular complexity index is 771. The molecule has 126 valence electrons. The monoisotopic (exact) mass is 326 g/mol. The van der Waals surface area contributed by atoms with Gasteiger partial charge in [-0.25, -0.2) is 0 Å². The quantitative estimate of drug-likeness (QED) is 0.889. The first-order chi connectivity index (χ1) is 11.5. The Morgan fingerprint density at radius 1 is 1.33 bits per heavy atom. The number of nitrogens with two attached hydrogens (primary N) is 1. The van der Waals surface area contributed by atoms with Crippen LogP contribution in [0.3, 0.4) is 0 Å². The molecule has 1 aliphatic rings. The van der Waals surface area contributed by atoms with E-state index in [4.69, 9.17) is 10.5 Å². The summed E-state index contributed by atoms with van der Waals surface area (Å²) in [5.74, 6) is 0.431. The van der Waals surface area contributed by atoms with Gasteiger partial charge in [0.2, 0.25) is 5.91 Å². The molecule has 0 fully saturated rings. The zero-order valence-electron chi connectivity index (χ0n) is 14.0. The average Bonchev–Trinajstić information content (AvgIpc) is 2.77. The number of ether oxygens (including phenoxy) is 1. The SMILES string of the molecule is Cc1ccccc1-c1cc(O)c2c(c1)CN(C(=O)[C@H](C)N)CCO2. The number of hydrogen-bond donors (Lipinski definition) is 2. The lowest BCUT2D eigenvalue weighted by Gasteiger charge is -2.22. The number of amides is 1. The molecule has 1 amide bonds. The molecule has 1 aliphatic heterocycles. The van der Waals surface area contributed by atoms with Gasteiger partial charge in [-0.3, -0.25) is 4.79 Å². The number of nitrogens with zero attached hydrogens (tertiary/aromatic N) is 1. The fourth-order valence-electron chi connectivity index (χ4n) is 3.03. The summed E-state index contributed by atoms with van der Waals surface area (Å²) in [5.41, 5.74) is 9.59. The molecular weight excluding hydrogens is 304 g/mol. The van der Waals surface area contributed by atoms with Gasteiger partial charge in [0, 0.05) is 12.1 Å². The molecule has 1 atom stereocenters. The third kappa shape index (κ3) is 3.08. The van der Waals surface area contributed by atoms with E-state index in [9.17, 15) is 9.90 Å². The standard InChI is InChI=1S/C19H22N2O3/c1-12-5-3-4-6-16(12)14-9-15-11-21(19(23)13(2)20)7-8-24-18(15)17(22)10-14/h3-6,9-10,13,22H,7-8,11,20H2,1-2H3/t13-/m0/s1. The van der Waals surface area contributed by atoms with Gasteiger partial charge in [-0.15, -0.1) is 0 Å². The van der Waals surface area contributed by atoms with Crippen molar-refractivity contribution >= 4 is 5.91 Å². The largest absolute Gasteiger partial charge is 0.504 e. The molecule has 24 heavy (non-hydrogen) atoms. The summed E-state index contributed by atoms with van der Waals surface area (Å²) in [7, 11) is 0. The average molecular weight is 326 g/mol. The van der Waals surface area contributed by atoms with Crippen LogP contribution in [0.4, 0.5) is 0 Å². The Balaban J connectivity index is 2.03. The third-order valence-electron chi connectivity index (χ3n) is 4.27. The maximum atomic E-state index is 12.2. The van der Waals surface area contributed by atoms with Crippen LogP contribution < -0.4 is 10.5 Å². The van der Waals surface area contributed by atoms with E-state index in [1.807, 2.05) is 37.3 Å². The summed E-state index contributed by atoms with van der Waals surface area (Å²) < 4.78 is 5.68. The topological polar surface area (TPSA) is 75.8 Å². The number of aromatic hydroxyl groups is 1. The molecule has 0 saturated heterocycles. The predicted octanol–water partition coefficient (Wildman–Crippen LogP) is 2.44. The van der Waals surface area contributed by atoms with Crippen LogP contribution in [0.2, 0.25) is 0 Å². The van der Waals surface area contributed by atoms with Crippen molar-refractivity contribution in [1.82, 2.24) is 4.90 Å². The molecule has 0 unspecified atom stereocenters. The van der Waals surface area contributed by atoms with Crippen LogP contribution in [0.15, 0.2) is 36.4 Å². The third-order valence-corrected chi connectivity index (χ3v) is 4.27. The van der Waals surface area contributed by atoms with Crippen molar-refractivity contribution in [2.24, 2.45) is 5.73 Å². The summed E-state index contributed by atoms with van der Waals surface area (Å²) >= 11 is 0. The van der Waals surface area contributed by atoms with Crippen LogP contribution in [0, 0.1) is 6.92 Å². The lowest BCUT2D eigenvalue weighted by molar-refractivity contribution is -0.132. The van der Waals surface area contributed by atoms with Gasteiger partial charge in [-0.2, -0.15) is 0 Å². The van der Waals surface area contributed by atoms with Crippen molar-refractivity contribution in [3.8, 4) is 22.6 Å². The maximum Gasteiger partial charge on any atom is 0.239 e. The van der Waals surface area contributed by atoms with Crippen LogP contribution >= 0.6 is 0 Å². The molecule has 3 N–H and O–H groups in total. The highest BCUT2D eigenvalue weighted by atomic mass is 16.5. The molecule has 0 radical (unpaired) electrons. The molecule has 0 aliphatic carbocycles. The highest BCUT2D eigenvalue weighted by Crippen LogP contribution is 2.38. The van der Waals surface area contributed by atoms with E-state index in [-0.39, 0.29) is 11.7 Å². The normalized spacial score (nSPS) is 15.2. The van der Waals surface area contributed by atoms with Crippen molar-refractivity contribution in [1.29, 1.82) is 0 Å². The zero-order chi connectivity index (χ0) is 17.3. The first-order valence-electron chi connectivity index (χ1n) is 8.06. The number of phenolic OH excluding ortho intramolecular Hbond substituents is 1. The van der Waals surface area contributed by atoms with Crippen molar-refractivity contribution in [2.75, 3.05) is 13.2 Å². The Hall–Kier alpha value is -2.53. The minimum absolute atomic E-state index is 0.0980. The Labute approximate surface area is 141 Å².